The molecule has 0 aliphatic rings. The van der Waals surface area contributed by atoms with Crippen molar-refractivity contribution in [1.82, 2.24) is 14.5 Å². The standard InChI is InChI=1S/C16H20ClN3O2/c1-11-10-15(21)20(16(22)18-11)9-8-19(3)12(2)13-4-6-14(17)7-5-13/h4-7,10,12H,8-9H2,1-3H3,(H,18,22). The fourth-order valence-corrected chi connectivity index (χ4v) is 2.42. The Balaban J connectivity index is 2.07. The molecule has 0 radical (unpaired) electrons. The fourth-order valence-electron chi connectivity index (χ4n) is 2.29. The lowest BCUT2D eigenvalue weighted by atomic mass is 10.1. The molecule has 118 valence electrons. The molecule has 0 aliphatic carbocycles. The Kier molecular flexibility index (Phi) is 5.21. The number of hydrogen-bond donors (Lipinski definition) is 1. The second-order valence-electron chi connectivity index (χ2n) is 5.46. The molecule has 1 aromatic heterocycles. The smallest absolute Gasteiger partial charge is 0.311 e. The van der Waals surface area contributed by atoms with Crippen LogP contribution >= 0.6 is 11.6 Å². The molecule has 0 bridgehead atoms. The third kappa shape index (κ3) is 3.87. The number of nitrogens with zero attached hydrogens (tertiary/aromatic N) is 2. The first-order valence-electron chi connectivity index (χ1n) is 7.15. The summed E-state index contributed by atoms with van der Waals surface area (Å²) in [5.41, 5.74) is 1.08. The van der Waals surface area contributed by atoms with Gasteiger partial charge in [0.15, 0.2) is 0 Å². The van der Waals surface area contributed by atoms with Gasteiger partial charge >= 0.3 is 5.69 Å². The monoisotopic (exact) mass is 321 g/mol. The molecule has 1 aromatic carbocycles. The van der Waals surface area contributed by atoms with Crippen LogP contribution in [0.3, 0.4) is 0 Å². The van der Waals surface area contributed by atoms with Crippen molar-refractivity contribution in [3.63, 3.8) is 0 Å². The van der Waals surface area contributed by atoms with Crippen LogP contribution in [-0.2, 0) is 6.54 Å². The average molecular weight is 322 g/mol. The quantitative estimate of drug-likeness (QED) is 0.918. The second-order valence-corrected chi connectivity index (χ2v) is 5.89. The summed E-state index contributed by atoms with van der Waals surface area (Å²) in [5, 5.41) is 0.705. The van der Waals surface area contributed by atoms with Crippen LogP contribution in [0.2, 0.25) is 5.02 Å². The molecule has 0 fully saturated rings. The molecule has 2 aromatic rings. The van der Waals surface area contributed by atoms with E-state index in [4.69, 9.17) is 11.6 Å². The zero-order valence-corrected chi connectivity index (χ0v) is 13.7. The first-order chi connectivity index (χ1) is 10.4. The summed E-state index contributed by atoms with van der Waals surface area (Å²) in [4.78, 5) is 28.4. The molecule has 22 heavy (non-hydrogen) atoms. The van der Waals surface area contributed by atoms with Gasteiger partial charge in [-0.3, -0.25) is 14.3 Å². The van der Waals surface area contributed by atoms with Crippen LogP contribution in [0, 0.1) is 6.92 Å². The van der Waals surface area contributed by atoms with Gasteiger partial charge in [0.05, 0.1) is 0 Å². The van der Waals surface area contributed by atoms with E-state index in [1.165, 1.54) is 10.6 Å². The molecule has 6 heteroatoms. The van der Waals surface area contributed by atoms with Gasteiger partial charge in [-0.2, -0.15) is 0 Å². The zero-order chi connectivity index (χ0) is 16.3. The maximum absolute atomic E-state index is 11.9. The van der Waals surface area contributed by atoms with Crippen molar-refractivity contribution in [3.05, 3.63) is 67.4 Å². The number of benzene rings is 1. The van der Waals surface area contributed by atoms with Crippen LogP contribution < -0.4 is 11.2 Å². The first kappa shape index (κ1) is 16.5. The Morgan fingerprint density at radius 1 is 1.27 bits per heavy atom. The predicted octanol–water partition coefficient (Wildman–Crippen LogP) is 2.19. The lowest BCUT2D eigenvalue weighted by Gasteiger charge is -2.25. The zero-order valence-electron chi connectivity index (χ0n) is 13.0. The molecule has 1 atom stereocenters. The Labute approximate surface area is 134 Å². The number of rotatable bonds is 5. The van der Waals surface area contributed by atoms with E-state index in [1.807, 2.05) is 31.3 Å². The maximum Gasteiger partial charge on any atom is 0.328 e. The van der Waals surface area contributed by atoms with E-state index >= 15 is 0 Å². The minimum atomic E-state index is -0.363. The summed E-state index contributed by atoms with van der Waals surface area (Å²) in [6.07, 6.45) is 0. The number of H-pyrrole nitrogens is 1. The lowest BCUT2D eigenvalue weighted by molar-refractivity contribution is 0.248. The van der Waals surface area contributed by atoms with E-state index in [9.17, 15) is 9.59 Å². The van der Waals surface area contributed by atoms with Crippen LogP contribution in [0.15, 0.2) is 39.9 Å². The second kappa shape index (κ2) is 6.94. The molecule has 5 nitrogen and oxygen atoms in total. The summed E-state index contributed by atoms with van der Waals surface area (Å²) >= 11 is 5.89. The molecular formula is C16H20ClN3O2. The number of aromatic nitrogens is 2. The summed E-state index contributed by atoms with van der Waals surface area (Å²) in [6.45, 7) is 4.71. The molecule has 0 aliphatic heterocycles. The molecule has 1 N–H and O–H groups in total. The molecule has 0 spiro atoms. The van der Waals surface area contributed by atoms with Crippen molar-refractivity contribution in [2.45, 2.75) is 26.4 Å². The third-order valence-electron chi connectivity index (χ3n) is 3.85. The average Bonchev–Trinajstić information content (AvgIpc) is 2.46. The van der Waals surface area contributed by atoms with Crippen molar-refractivity contribution in [2.75, 3.05) is 13.6 Å². The molecule has 0 amide bonds. The summed E-state index contributed by atoms with van der Waals surface area (Å²) in [5.74, 6) is 0. The van der Waals surface area contributed by atoms with Crippen molar-refractivity contribution in [2.24, 2.45) is 0 Å². The van der Waals surface area contributed by atoms with Crippen LogP contribution in [0.25, 0.3) is 0 Å². The van der Waals surface area contributed by atoms with Gasteiger partial charge in [-0.05, 0) is 38.6 Å². The number of nitrogens with one attached hydrogen (secondary N) is 1. The molecular weight excluding hydrogens is 302 g/mol. The van der Waals surface area contributed by atoms with Crippen molar-refractivity contribution in [1.29, 1.82) is 0 Å². The Hall–Kier alpha value is -1.85. The third-order valence-corrected chi connectivity index (χ3v) is 4.10. The Bertz CT molecular complexity index is 718. The Morgan fingerprint density at radius 2 is 1.91 bits per heavy atom. The van der Waals surface area contributed by atoms with Crippen molar-refractivity contribution >= 4 is 11.6 Å². The van der Waals surface area contributed by atoms with Gasteiger partial charge in [0.2, 0.25) is 0 Å². The number of aryl methyl sites for hydroxylation is 1. The highest BCUT2D eigenvalue weighted by Crippen LogP contribution is 2.20. The normalized spacial score (nSPS) is 12.6. The highest BCUT2D eigenvalue weighted by Gasteiger charge is 2.12. The van der Waals surface area contributed by atoms with Crippen LogP contribution in [-0.4, -0.2) is 28.0 Å². The van der Waals surface area contributed by atoms with Crippen LogP contribution in [0.1, 0.15) is 24.2 Å². The van der Waals surface area contributed by atoms with E-state index in [0.29, 0.717) is 23.8 Å². The number of halogens is 1. The minimum Gasteiger partial charge on any atom is -0.311 e. The summed E-state index contributed by atoms with van der Waals surface area (Å²) in [7, 11) is 1.96. The van der Waals surface area contributed by atoms with Gasteiger partial charge in [0.1, 0.15) is 0 Å². The van der Waals surface area contributed by atoms with Gasteiger partial charge in [-0.1, -0.05) is 23.7 Å². The lowest BCUT2D eigenvalue weighted by Crippen LogP contribution is -2.38. The van der Waals surface area contributed by atoms with Gasteiger partial charge in [-0.25, -0.2) is 4.79 Å². The van der Waals surface area contributed by atoms with E-state index in [1.54, 1.807) is 6.92 Å². The maximum atomic E-state index is 11.9. The number of likely N-dealkylation sites (N-methyl/N-ethyl adjacent to an activating group) is 1. The van der Waals surface area contributed by atoms with E-state index in [0.717, 1.165) is 5.56 Å². The van der Waals surface area contributed by atoms with Gasteiger partial charge in [0.25, 0.3) is 5.56 Å². The number of hydrogen-bond acceptors (Lipinski definition) is 3. The van der Waals surface area contributed by atoms with Crippen molar-refractivity contribution in [3.8, 4) is 0 Å². The molecule has 1 unspecified atom stereocenters. The van der Waals surface area contributed by atoms with Crippen molar-refractivity contribution < 1.29 is 0 Å². The highest BCUT2D eigenvalue weighted by atomic mass is 35.5. The van der Waals surface area contributed by atoms with E-state index in [-0.39, 0.29) is 17.3 Å². The molecule has 0 saturated carbocycles. The minimum absolute atomic E-state index is 0.164. The number of aromatic amines is 1. The largest absolute Gasteiger partial charge is 0.328 e. The van der Waals surface area contributed by atoms with Gasteiger partial charge < -0.3 is 4.98 Å². The summed E-state index contributed by atoms with van der Waals surface area (Å²) in [6, 6.07) is 9.28. The predicted molar refractivity (Wildman–Crippen MR) is 88.6 cm³/mol. The first-order valence-corrected chi connectivity index (χ1v) is 7.53. The fraction of sp³-hybridized carbons (Fsp3) is 0.375. The van der Waals surface area contributed by atoms with Gasteiger partial charge in [0, 0.05) is 35.9 Å². The van der Waals surface area contributed by atoms with Gasteiger partial charge in [-0.15, -0.1) is 0 Å². The molecule has 2 rings (SSSR count). The van der Waals surface area contributed by atoms with Crippen LogP contribution in [0.5, 0.6) is 0 Å². The van der Waals surface area contributed by atoms with Crippen LogP contribution in [0.4, 0.5) is 0 Å². The van der Waals surface area contributed by atoms with E-state index < -0.39 is 0 Å². The topological polar surface area (TPSA) is 58.1 Å². The summed E-state index contributed by atoms with van der Waals surface area (Å²) < 4.78 is 1.22. The molecule has 0 saturated heterocycles. The Morgan fingerprint density at radius 3 is 2.50 bits per heavy atom. The molecule has 1 heterocycles. The van der Waals surface area contributed by atoms with E-state index in [2.05, 4.69) is 16.8 Å². The SMILES string of the molecule is Cc1cc(=O)n(CCN(C)C(C)c2ccc(Cl)cc2)c(=O)[nH]1. The highest BCUT2D eigenvalue weighted by molar-refractivity contribution is 6.30.